The molecule has 0 bridgehead atoms. The molecule has 0 amide bonds. The molecule has 1 rings (SSSR count). The van der Waals surface area contributed by atoms with Crippen molar-refractivity contribution in [2.45, 2.75) is 45.7 Å². The van der Waals surface area contributed by atoms with E-state index < -0.39 is 0 Å². The Bertz CT molecular complexity index is 298. The van der Waals surface area contributed by atoms with Gasteiger partial charge in [-0.2, -0.15) is 0 Å². The Morgan fingerprint density at radius 1 is 1.40 bits per heavy atom. The lowest BCUT2D eigenvalue weighted by molar-refractivity contribution is 0.629. The van der Waals surface area contributed by atoms with Crippen molar-refractivity contribution in [3.05, 3.63) is 23.9 Å². The Kier molecular flexibility index (Phi) is 3.69. The molecule has 1 aromatic rings. The Hall–Kier alpha value is -1.09. The molecular weight excluding hydrogens is 186 g/mol. The quantitative estimate of drug-likeness (QED) is 0.801. The zero-order chi connectivity index (χ0) is 11.5. The summed E-state index contributed by atoms with van der Waals surface area (Å²) >= 11 is 0. The SMILES string of the molecule is CC[C@@H](N)c1ccc(NC(C)(C)C)nc1. The number of anilines is 1. The predicted molar refractivity (Wildman–Crippen MR) is 64.8 cm³/mol. The highest BCUT2D eigenvalue weighted by Crippen LogP contribution is 2.16. The van der Waals surface area contributed by atoms with Crippen molar-refractivity contribution in [2.24, 2.45) is 5.73 Å². The zero-order valence-corrected chi connectivity index (χ0v) is 10.0. The van der Waals surface area contributed by atoms with Crippen LogP contribution >= 0.6 is 0 Å². The minimum atomic E-state index is 0.0430. The number of nitrogens with one attached hydrogen (secondary N) is 1. The topological polar surface area (TPSA) is 50.9 Å². The summed E-state index contributed by atoms with van der Waals surface area (Å²) in [6.45, 7) is 8.41. The summed E-state index contributed by atoms with van der Waals surface area (Å²) in [5, 5.41) is 3.31. The highest BCUT2D eigenvalue weighted by Gasteiger charge is 2.10. The van der Waals surface area contributed by atoms with Gasteiger partial charge in [0.2, 0.25) is 0 Å². The first-order chi connectivity index (χ1) is 6.92. The van der Waals surface area contributed by atoms with Crippen molar-refractivity contribution >= 4 is 5.82 Å². The van der Waals surface area contributed by atoms with Gasteiger partial charge in [-0.25, -0.2) is 4.98 Å². The minimum Gasteiger partial charge on any atom is -0.365 e. The van der Waals surface area contributed by atoms with Crippen molar-refractivity contribution < 1.29 is 0 Å². The van der Waals surface area contributed by atoms with Gasteiger partial charge in [-0.15, -0.1) is 0 Å². The van der Waals surface area contributed by atoms with Crippen LogP contribution in [0.2, 0.25) is 0 Å². The molecule has 0 aliphatic heterocycles. The second-order valence-electron chi connectivity index (χ2n) is 4.87. The van der Waals surface area contributed by atoms with Gasteiger partial charge in [0, 0.05) is 17.8 Å². The molecule has 3 nitrogen and oxygen atoms in total. The summed E-state index contributed by atoms with van der Waals surface area (Å²) < 4.78 is 0. The molecule has 1 atom stereocenters. The molecule has 0 saturated carbocycles. The van der Waals surface area contributed by atoms with E-state index in [2.05, 4.69) is 38.0 Å². The van der Waals surface area contributed by atoms with Gasteiger partial charge in [-0.05, 0) is 38.8 Å². The molecule has 3 heteroatoms. The average Bonchev–Trinajstić information content (AvgIpc) is 2.15. The lowest BCUT2D eigenvalue weighted by atomic mass is 10.1. The second kappa shape index (κ2) is 4.62. The van der Waals surface area contributed by atoms with E-state index in [1.54, 1.807) is 0 Å². The fourth-order valence-electron chi connectivity index (χ4n) is 1.32. The maximum Gasteiger partial charge on any atom is 0.126 e. The standard InChI is InChI=1S/C12H21N3/c1-5-10(13)9-6-7-11(14-8-9)15-12(2,3)4/h6-8,10H,5,13H2,1-4H3,(H,14,15)/t10-/m1/s1. The van der Waals surface area contributed by atoms with Gasteiger partial charge in [0.15, 0.2) is 0 Å². The van der Waals surface area contributed by atoms with E-state index in [0.717, 1.165) is 17.8 Å². The normalized spacial score (nSPS) is 13.7. The fourth-order valence-corrected chi connectivity index (χ4v) is 1.32. The van der Waals surface area contributed by atoms with Crippen molar-refractivity contribution in [1.82, 2.24) is 4.98 Å². The van der Waals surface area contributed by atoms with Gasteiger partial charge in [-0.1, -0.05) is 13.0 Å². The number of rotatable bonds is 3. The molecule has 1 aromatic heterocycles. The maximum absolute atomic E-state index is 5.91. The number of hydrogen-bond acceptors (Lipinski definition) is 3. The van der Waals surface area contributed by atoms with Crippen LogP contribution in [-0.2, 0) is 0 Å². The third-order valence-corrected chi connectivity index (χ3v) is 2.16. The summed E-state index contributed by atoms with van der Waals surface area (Å²) in [7, 11) is 0. The predicted octanol–water partition coefficient (Wildman–Crippen LogP) is 2.70. The minimum absolute atomic E-state index is 0.0430. The number of nitrogens with two attached hydrogens (primary N) is 1. The van der Waals surface area contributed by atoms with Crippen molar-refractivity contribution in [3.8, 4) is 0 Å². The lowest BCUT2D eigenvalue weighted by Gasteiger charge is -2.21. The van der Waals surface area contributed by atoms with E-state index in [9.17, 15) is 0 Å². The van der Waals surface area contributed by atoms with E-state index >= 15 is 0 Å². The molecule has 1 heterocycles. The molecule has 0 aliphatic carbocycles. The van der Waals surface area contributed by atoms with E-state index in [0.29, 0.717) is 0 Å². The van der Waals surface area contributed by atoms with Crippen LogP contribution in [-0.4, -0.2) is 10.5 Å². The van der Waals surface area contributed by atoms with Crippen LogP contribution in [0.4, 0.5) is 5.82 Å². The summed E-state index contributed by atoms with van der Waals surface area (Å²) in [5.41, 5.74) is 7.05. The van der Waals surface area contributed by atoms with E-state index in [1.165, 1.54) is 0 Å². The summed E-state index contributed by atoms with van der Waals surface area (Å²) in [4.78, 5) is 4.34. The third-order valence-electron chi connectivity index (χ3n) is 2.16. The number of aromatic nitrogens is 1. The van der Waals surface area contributed by atoms with E-state index in [4.69, 9.17) is 5.73 Å². The summed E-state index contributed by atoms with van der Waals surface area (Å²) in [5.74, 6) is 0.898. The van der Waals surface area contributed by atoms with Crippen LogP contribution in [0.25, 0.3) is 0 Å². The van der Waals surface area contributed by atoms with Gasteiger partial charge in [-0.3, -0.25) is 0 Å². The van der Waals surface area contributed by atoms with Crippen LogP contribution in [0.3, 0.4) is 0 Å². The van der Waals surface area contributed by atoms with Crippen LogP contribution in [0, 0.1) is 0 Å². The van der Waals surface area contributed by atoms with Crippen molar-refractivity contribution in [3.63, 3.8) is 0 Å². The monoisotopic (exact) mass is 207 g/mol. The second-order valence-corrected chi connectivity index (χ2v) is 4.87. The van der Waals surface area contributed by atoms with Gasteiger partial charge in [0.1, 0.15) is 5.82 Å². The van der Waals surface area contributed by atoms with E-state index in [-0.39, 0.29) is 11.6 Å². The third kappa shape index (κ3) is 3.88. The highest BCUT2D eigenvalue weighted by molar-refractivity contribution is 5.38. The van der Waals surface area contributed by atoms with Crippen LogP contribution in [0.1, 0.15) is 45.7 Å². The molecule has 0 saturated heterocycles. The van der Waals surface area contributed by atoms with Crippen LogP contribution < -0.4 is 11.1 Å². The highest BCUT2D eigenvalue weighted by atomic mass is 15.0. The fraction of sp³-hybridized carbons (Fsp3) is 0.583. The smallest absolute Gasteiger partial charge is 0.126 e. The van der Waals surface area contributed by atoms with Gasteiger partial charge < -0.3 is 11.1 Å². The van der Waals surface area contributed by atoms with Crippen LogP contribution in [0.15, 0.2) is 18.3 Å². The first-order valence-corrected chi connectivity index (χ1v) is 5.42. The molecule has 3 N–H and O–H groups in total. The van der Waals surface area contributed by atoms with Crippen molar-refractivity contribution in [2.75, 3.05) is 5.32 Å². The lowest BCUT2D eigenvalue weighted by Crippen LogP contribution is -2.26. The Morgan fingerprint density at radius 3 is 2.47 bits per heavy atom. The largest absolute Gasteiger partial charge is 0.365 e. The molecular formula is C12H21N3. The molecule has 0 radical (unpaired) electrons. The zero-order valence-electron chi connectivity index (χ0n) is 10.0. The molecule has 0 spiro atoms. The first kappa shape index (κ1) is 12.0. The molecule has 84 valence electrons. The molecule has 15 heavy (non-hydrogen) atoms. The Labute approximate surface area is 92.1 Å². The Balaban J connectivity index is 2.72. The molecule has 0 aromatic carbocycles. The van der Waals surface area contributed by atoms with Gasteiger partial charge in [0.25, 0.3) is 0 Å². The number of hydrogen-bond donors (Lipinski definition) is 2. The summed E-state index contributed by atoms with van der Waals surface area (Å²) in [6, 6.07) is 4.12. The molecule has 0 unspecified atom stereocenters. The van der Waals surface area contributed by atoms with Crippen molar-refractivity contribution in [1.29, 1.82) is 0 Å². The molecule has 0 fully saturated rings. The van der Waals surface area contributed by atoms with Crippen LogP contribution in [0.5, 0.6) is 0 Å². The average molecular weight is 207 g/mol. The van der Waals surface area contributed by atoms with E-state index in [1.807, 2.05) is 18.3 Å². The van der Waals surface area contributed by atoms with Gasteiger partial charge in [0.05, 0.1) is 0 Å². The van der Waals surface area contributed by atoms with Gasteiger partial charge >= 0.3 is 0 Å². The summed E-state index contributed by atoms with van der Waals surface area (Å²) in [6.07, 6.45) is 2.79. The first-order valence-electron chi connectivity index (χ1n) is 5.42. The maximum atomic E-state index is 5.91. The Morgan fingerprint density at radius 2 is 2.07 bits per heavy atom. The molecule has 0 aliphatic rings. The number of pyridine rings is 1. The number of nitrogens with zero attached hydrogens (tertiary/aromatic N) is 1.